The Morgan fingerprint density at radius 2 is 2.38 bits per heavy atom. The average molecular weight is 204 g/mol. The van der Waals surface area contributed by atoms with E-state index >= 15 is 0 Å². The number of nitrogens with zero attached hydrogens (tertiary/aromatic N) is 1. The van der Waals surface area contributed by atoms with Gasteiger partial charge in [-0.05, 0) is 0 Å². The lowest BCUT2D eigenvalue weighted by atomic mass is 10.3. The van der Waals surface area contributed by atoms with Crippen molar-refractivity contribution >= 4 is 10.2 Å². The predicted octanol–water partition coefficient (Wildman–Crippen LogP) is -0.994. The third-order valence-electron chi connectivity index (χ3n) is 1.51. The molecule has 0 fully saturated rings. The van der Waals surface area contributed by atoms with Gasteiger partial charge in [-0.2, -0.15) is 8.42 Å². The zero-order valence-corrected chi connectivity index (χ0v) is 8.06. The van der Waals surface area contributed by atoms with E-state index in [0.717, 1.165) is 5.69 Å². The molecule has 0 amide bonds. The minimum absolute atomic E-state index is 0.353. The lowest BCUT2D eigenvalue weighted by Crippen LogP contribution is -2.35. The van der Waals surface area contributed by atoms with Gasteiger partial charge in [0, 0.05) is 31.9 Å². The molecule has 0 aliphatic carbocycles. The zero-order chi connectivity index (χ0) is 9.73. The van der Waals surface area contributed by atoms with Crippen molar-refractivity contribution in [2.45, 2.75) is 6.42 Å². The van der Waals surface area contributed by atoms with E-state index in [-0.39, 0.29) is 0 Å². The summed E-state index contributed by atoms with van der Waals surface area (Å²) in [5, 5.41) is 0. The van der Waals surface area contributed by atoms with Gasteiger partial charge in [-0.15, -0.1) is 0 Å². The van der Waals surface area contributed by atoms with E-state index in [9.17, 15) is 8.42 Å². The summed E-state index contributed by atoms with van der Waals surface area (Å²) in [6, 6.07) is 0. The second-order valence-electron chi connectivity index (χ2n) is 2.43. The molecule has 1 aromatic heterocycles. The molecular formula is C6H12N4O2S. The quantitative estimate of drug-likeness (QED) is 0.575. The second-order valence-corrected chi connectivity index (χ2v) is 4.13. The highest BCUT2D eigenvalue weighted by Crippen LogP contribution is 1.90. The average Bonchev–Trinajstić information content (AvgIpc) is 2.57. The summed E-state index contributed by atoms with van der Waals surface area (Å²) in [6.07, 6.45) is 3.82. The second kappa shape index (κ2) is 4.35. The Hall–Kier alpha value is -0.920. The molecular weight excluding hydrogens is 192 g/mol. The molecule has 0 radical (unpaired) electrons. The molecule has 1 heterocycles. The summed E-state index contributed by atoms with van der Waals surface area (Å²) in [4.78, 5) is 6.68. The van der Waals surface area contributed by atoms with Gasteiger partial charge in [-0.3, -0.25) is 0 Å². The summed E-state index contributed by atoms with van der Waals surface area (Å²) in [6.45, 7) is 0.353. The van der Waals surface area contributed by atoms with Crippen LogP contribution in [0.1, 0.15) is 5.69 Å². The molecule has 3 N–H and O–H groups in total. The normalized spacial score (nSPS) is 11.8. The van der Waals surface area contributed by atoms with Gasteiger partial charge in [0.2, 0.25) is 0 Å². The highest BCUT2D eigenvalue weighted by molar-refractivity contribution is 7.87. The van der Waals surface area contributed by atoms with E-state index in [1.54, 1.807) is 12.5 Å². The first-order chi connectivity index (χ1) is 6.14. The largest absolute Gasteiger partial charge is 0.348 e. The van der Waals surface area contributed by atoms with Gasteiger partial charge in [0.05, 0.1) is 6.33 Å². The van der Waals surface area contributed by atoms with Gasteiger partial charge in [0.15, 0.2) is 0 Å². The number of hydrogen-bond acceptors (Lipinski definition) is 3. The third kappa shape index (κ3) is 3.53. The molecule has 0 unspecified atom stereocenters. The number of hydrogen-bond donors (Lipinski definition) is 3. The zero-order valence-electron chi connectivity index (χ0n) is 7.24. The monoisotopic (exact) mass is 204 g/mol. The first-order valence-electron chi connectivity index (χ1n) is 3.79. The van der Waals surface area contributed by atoms with Crippen molar-refractivity contribution in [1.82, 2.24) is 19.4 Å². The number of aromatic amines is 1. The van der Waals surface area contributed by atoms with Crippen molar-refractivity contribution in [3.05, 3.63) is 18.2 Å². The first kappa shape index (κ1) is 10.2. The molecule has 1 aromatic rings. The van der Waals surface area contributed by atoms with Crippen LogP contribution in [-0.4, -0.2) is 32.0 Å². The van der Waals surface area contributed by atoms with E-state index in [0.29, 0.717) is 13.0 Å². The summed E-state index contributed by atoms with van der Waals surface area (Å²) < 4.78 is 26.3. The molecule has 0 aliphatic rings. The van der Waals surface area contributed by atoms with Gasteiger partial charge in [0.25, 0.3) is 10.2 Å². The maximum Gasteiger partial charge on any atom is 0.276 e. The number of aromatic nitrogens is 2. The highest BCUT2D eigenvalue weighted by atomic mass is 32.2. The van der Waals surface area contributed by atoms with Crippen molar-refractivity contribution in [2.24, 2.45) is 0 Å². The van der Waals surface area contributed by atoms with Gasteiger partial charge in [-0.25, -0.2) is 14.4 Å². The van der Waals surface area contributed by atoms with Crippen molar-refractivity contribution in [3.8, 4) is 0 Å². The summed E-state index contributed by atoms with van der Waals surface area (Å²) in [7, 11) is -1.95. The number of imidazole rings is 1. The highest BCUT2D eigenvalue weighted by Gasteiger charge is 2.04. The SMILES string of the molecule is CNS(=O)(=O)NCCc1cnc[nH]1. The summed E-state index contributed by atoms with van der Waals surface area (Å²) in [5.41, 5.74) is 0.902. The van der Waals surface area contributed by atoms with Crippen LogP contribution >= 0.6 is 0 Å². The Labute approximate surface area is 77.0 Å². The Morgan fingerprint density at radius 1 is 1.62 bits per heavy atom. The van der Waals surface area contributed by atoms with E-state index in [1.807, 2.05) is 0 Å². The minimum Gasteiger partial charge on any atom is -0.348 e. The van der Waals surface area contributed by atoms with Gasteiger partial charge in [0.1, 0.15) is 0 Å². The molecule has 0 saturated carbocycles. The Kier molecular flexibility index (Phi) is 3.40. The van der Waals surface area contributed by atoms with Crippen LogP contribution in [0.25, 0.3) is 0 Å². The molecule has 1 rings (SSSR count). The fourth-order valence-corrected chi connectivity index (χ4v) is 1.33. The number of rotatable bonds is 5. The maximum atomic E-state index is 10.9. The lowest BCUT2D eigenvalue weighted by Gasteiger charge is -2.02. The number of nitrogens with one attached hydrogen (secondary N) is 3. The van der Waals surface area contributed by atoms with Crippen molar-refractivity contribution < 1.29 is 8.42 Å². The maximum absolute atomic E-state index is 10.9. The molecule has 0 spiro atoms. The van der Waals surface area contributed by atoms with E-state index in [2.05, 4.69) is 19.4 Å². The number of H-pyrrole nitrogens is 1. The van der Waals surface area contributed by atoms with Crippen LogP contribution in [0.5, 0.6) is 0 Å². The Balaban J connectivity index is 2.30. The van der Waals surface area contributed by atoms with Crippen LogP contribution in [0.4, 0.5) is 0 Å². The fraction of sp³-hybridized carbons (Fsp3) is 0.500. The topological polar surface area (TPSA) is 86.9 Å². The van der Waals surface area contributed by atoms with E-state index < -0.39 is 10.2 Å². The molecule has 7 heteroatoms. The fourth-order valence-electron chi connectivity index (χ4n) is 0.814. The van der Waals surface area contributed by atoms with Crippen molar-refractivity contribution in [1.29, 1.82) is 0 Å². The van der Waals surface area contributed by atoms with E-state index in [4.69, 9.17) is 0 Å². The lowest BCUT2D eigenvalue weighted by molar-refractivity contribution is 0.573. The molecule has 0 saturated heterocycles. The third-order valence-corrected chi connectivity index (χ3v) is 2.63. The molecule has 6 nitrogen and oxygen atoms in total. The van der Waals surface area contributed by atoms with Crippen molar-refractivity contribution in [2.75, 3.05) is 13.6 Å². The molecule has 0 aliphatic heterocycles. The van der Waals surface area contributed by atoms with Crippen molar-refractivity contribution in [3.63, 3.8) is 0 Å². The summed E-state index contributed by atoms with van der Waals surface area (Å²) >= 11 is 0. The predicted molar refractivity (Wildman–Crippen MR) is 48.3 cm³/mol. The van der Waals surface area contributed by atoms with Crippen LogP contribution in [-0.2, 0) is 16.6 Å². The van der Waals surface area contributed by atoms with Crippen LogP contribution in [0.2, 0.25) is 0 Å². The van der Waals surface area contributed by atoms with Crippen LogP contribution in [0.3, 0.4) is 0 Å². The van der Waals surface area contributed by atoms with Crippen LogP contribution < -0.4 is 9.44 Å². The molecule has 0 aromatic carbocycles. The van der Waals surface area contributed by atoms with Gasteiger partial charge >= 0.3 is 0 Å². The first-order valence-corrected chi connectivity index (χ1v) is 5.28. The van der Waals surface area contributed by atoms with E-state index in [1.165, 1.54) is 7.05 Å². The Bertz CT molecular complexity index is 332. The summed E-state index contributed by atoms with van der Waals surface area (Å²) in [5.74, 6) is 0. The molecule has 0 atom stereocenters. The molecule has 74 valence electrons. The Morgan fingerprint density at radius 3 is 2.92 bits per heavy atom. The minimum atomic E-state index is -3.31. The van der Waals surface area contributed by atoms with Crippen LogP contribution in [0, 0.1) is 0 Å². The van der Waals surface area contributed by atoms with Gasteiger partial charge < -0.3 is 4.98 Å². The van der Waals surface area contributed by atoms with Crippen LogP contribution in [0.15, 0.2) is 12.5 Å². The smallest absolute Gasteiger partial charge is 0.276 e. The molecule has 13 heavy (non-hydrogen) atoms. The molecule has 0 bridgehead atoms. The van der Waals surface area contributed by atoms with Gasteiger partial charge in [-0.1, -0.05) is 0 Å². The standard InChI is InChI=1S/C6H12N4O2S/c1-7-13(11,12)10-3-2-6-4-8-5-9-6/h4-5,7,10H,2-3H2,1H3,(H,8,9).